The first-order valence-corrected chi connectivity index (χ1v) is 7.25. The molecule has 110 valence electrons. The molecule has 0 aliphatic carbocycles. The molecule has 0 unspecified atom stereocenters. The first-order chi connectivity index (χ1) is 10.6. The highest BCUT2D eigenvalue weighted by atomic mass is 32.1. The highest BCUT2D eigenvalue weighted by Gasteiger charge is 2.16. The lowest BCUT2D eigenvalue weighted by Crippen LogP contribution is -2.18. The van der Waals surface area contributed by atoms with Gasteiger partial charge in [-0.25, -0.2) is 10.1 Å². The van der Waals surface area contributed by atoms with E-state index in [-0.39, 0.29) is 17.8 Å². The van der Waals surface area contributed by atoms with Crippen LogP contribution in [0.25, 0.3) is 10.7 Å². The number of para-hydroxylation sites is 1. The summed E-state index contributed by atoms with van der Waals surface area (Å²) in [6.45, 7) is 0. The maximum Gasteiger partial charge on any atom is 0.286 e. The summed E-state index contributed by atoms with van der Waals surface area (Å²) >= 11 is 1.45. The predicted octanol–water partition coefficient (Wildman–Crippen LogP) is 2.39. The first-order valence-electron chi connectivity index (χ1n) is 6.37. The van der Waals surface area contributed by atoms with Crippen LogP contribution < -0.4 is 5.56 Å². The largest absolute Gasteiger partial charge is 0.286 e. The van der Waals surface area contributed by atoms with Gasteiger partial charge in [-0.2, -0.15) is 5.10 Å². The molecule has 3 aromatic rings. The molecule has 0 spiro atoms. The van der Waals surface area contributed by atoms with Crippen molar-refractivity contribution < 1.29 is 4.92 Å². The number of aromatic amines is 1. The minimum Gasteiger partial charge on any atom is -0.266 e. The van der Waals surface area contributed by atoms with Gasteiger partial charge >= 0.3 is 0 Å². The monoisotopic (exact) mass is 314 g/mol. The molecule has 0 radical (unpaired) electrons. The summed E-state index contributed by atoms with van der Waals surface area (Å²) in [5, 5.41) is 19.2. The van der Waals surface area contributed by atoms with Crippen LogP contribution in [0.4, 0.5) is 5.69 Å². The van der Waals surface area contributed by atoms with E-state index in [0.29, 0.717) is 11.4 Å². The van der Waals surface area contributed by atoms with E-state index in [1.54, 1.807) is 18.2 Å². The van der Waals surface area contributed by atoms with Crippen molar-refractivity contribution in [2.75, 3.05) is 0 Å². The first kappa shape index (κ1) is 14.1. The van der Waals surface area contributed by atoms with Crippen LogP contribution in [0, 0.1) is 10.1 Å². The number of aromatic nitrogens is 3. The van der Waals surface area contributed by atoms with E-state index >= 15 is 0 Å². The van der Waals surface area contributed by atoms with Gasteiger partial charge in [0.1, 0.15) is 5.69 Å². The summed E-state index contributed by atoms with van der Waals surface area (Å²) in [7, 11) is 0. The number of nitrogens with zero attached hydrogens (tertiary/aromatic N) is 3. The fourth-order valence-electron chi connectivity index (χ4n) is 2.03. The molecular weight excluding hydrogens is 304 g/mol. The van der Waals surface area contributed by atoms with Crippen LogP contribution in [0.3, 0.4) is 0 Å². The normalized spacial score (nSPS) is 10.5. The minimum absolute atomic E-state index is 0.0295. The summed E-state index contributed by atoms with van der Waals surface area (Å²) < 4.78 is 0. The van der Waals surface area contributed by atoms with Crippen molar-refractivity contribution in [1.29, 1.82) is 0 Å². The molecule has 3 rings (SSSR count). The summed E-state index contributed by atoms with van der Waals surface area (Å²) in [5.41, 5.74) is 0.165. The molecule has 22 heavy (non-hydrogen) atoms. The molecule has 2 aromatic heterocycles. The molecular formula is C14H10N4O3S. The smallest absolute Gasteiger partial charge is 0.266 e. The van der Waals surface area contributed by atoms with Crippen LogP contribution in [0.5, 0.6) is 0 Å². The third kappa shape index (κ3) is 2.77. The van der Waals surface area contributed by atoms with Crippen molar-refractivity contribution in [3.05, 3.63) is 73.5 Å². The molecule has 1 N–H and O–H groups in total. The Morgan fingerprint density at radius 2 is 2.05 bits per heavy atom. The number of rotatable bonds is 4. The molecule has 8 heteroatoms. The van der Waals surface area contributed by atoms with E-state index in [1.165, 1.54) is 17.4 Å². The van der Waals surface area contributed by atoms with Crippen molar-refractivity contribution in [2.45, 2.75) is 6.42 Å². The minimum atomic E-state index is -0.467. The second-order valence-corrected chi connectivity index (χ2v) is 5.42. The van der Waals surface area contributed by atoms with E-state index in [0.717, 1.165) is 4.88 Å². The second kappa shape index (κ2) is 5.86. The molecule has 0 saturated heterocycles. The molecule has 0 atom stereocenters. The highest BCUT2D eigenvalue weighted by Crippen LogP contribution is 2.22. The quantitative estimate of drug-likeness (QED) is 0.588. The lowest BCUT2D eigenvalue weighted by Gasteiger charge is -2.03. The molecule has 0 fully saturated rings. The maximum atomic E-state index is 11.9. The van der Waals surface area contributed by atoms with Crippen molar-refractivity contribution in [3.8, 4) is 10.7 Å². The number of benzene rings is 1. The molecule has 0 amide bonds. The highest BCUT2D eigenvalue weighted by molar-refractivity contribution is 7.13. The Kier molecular flexibility index (Phi) is 3.75. The zero-order chi connectivity index (χ0) is 15.5. The van der Waals surface area contributed by atoms with Crippen LogP contribution in [0.1, 0.15) is 11.3 Å². The predicted molar refractivity (Wildman–Crippen MR) is 81.9 cm³/mol. The van der Waals surface area contributed by atoms with Gasteiger partial charge < -0.3 is 0 Å². The third-order valence-corrected chi connectivity index (χ3v) is 3.92. The Morgan fingerprint density at radius 1 is 1.23 bits per heavy atom. The van der Waals surface area contributed by atoms with Gasteiger partial charge in [0.05, 0.1) is 9.80 Å². The molecule has 0 aliphatic heterocycles. The average molecular weight is 314 g/mol. The zero-order valence-corrected chi connectivity index (χ0v) is 12.0. The second-order valence-electron chi connectivity index (χ2n) is 4.47. The summed E-state index contributed by atoms with van der Waals surface area (Å²) in [4.78, 5) is 27.5. The van der Waals surface area contributed by atoms with E-state index in [2.05, 4.69) is 15.2 Å². The summed E-state index contributed by atoms with van der Waals surface area (Å²) in [6.07, 6.45) is 0.0768. The van der Waals surface area contributed by atoms with Gasteiger partial charge in [0.25, 0.3) is 11.2 Å². The Bertz CT molecular complexity index is 874. The van der Waals surface area contributed by atoms with Gasteiger partial charge in [-0.15, -0.1) is 11.3 Å². The number of nitrogens with one attached hydrogen (secondary N) is 1. The van der Waals surface area contributed by atoms with E-state index < -0.39 is 10.5 Å². The summed E-state index contributed by atoms with van der Waals surface area (Å²) in [5.74, 6) is 0.406. The Labute approximate surface area is 128 Å². The molecule has 2 heterocycles. The topological polar surface area (TPSA) is 102 Å². The SMILES string of the molecule is O=c1[nH]nc(-c2cccs2)nc1Cc1ccccc1[N+](=O)[O-]. The average Bonchev–Trinajstić information content (AvgIpc) is 3.04. The maximum absolute atomic E-state index is 11.9. The molecule has 7 nitrogen and oxygen atoms in total. The lowest BCUT2D eigenvalue weighted by molar-refractivity contribution is -0.385. The van der Waals surface area contributed by atoms with E-state index in [9.17, 15) is 14.9 Å². The number of thiophene rings is 1. The van der Waals surface area contributed by atoms with Crippen molar-refractivity contribution in [1.82, 2.24) is 15.2 Å². The van der Waals surface area contributed by atoms with Crippen LogP contribution in [0.2, 0.25) is 0 Å². The molecule has 0 saturated carbocycles. The molecule has 0 aliphatic rings. The van der Waals surface area contributed by atoms with Crippen LogP contribution in [0.15, 0.2) is 46.6 Å². The zero-order valence-electron chi connectivity index (χ0n) is 11.2. The Balaban J connectivity index is 2.01. The van der Waals surface area contributed by atoms with Gasteiger partial charge in [-0.05, 0) is 11.4 Å². The summed E-state index contributed by atoms with van der Waals surface area (Å²) in [6, 6.07) is 10.00. The van der Waals surface area contributed by atoms with Gasteiger partial charge in [0, 0.05) is 18.1 Å². The fourth-order valence-corrected chi connectivity index (χ4v) is 2.68. The number of nitro benzene ring substituents is 1. The van der Waals surface area contributed by atoms with Gasteiger partial charge in [-0.1, -0.05) is 24.3 Å². The number of hydrogen-bond donors (Lipinski definition) is 1. The standard InChI is InChI=1S/C14H10N4O3S/c19-14-10(8-9-4-1-2-5-11(9)18(20)21)15-13(16-17-14)12-6-3-7-22-12/h1-7H,8H2,(H,17,19). The van der Waals surface area contributed by atoms with Gasteiger partial charge in [-0.3, -0.25) is 14.9 Å². The number of H-pyrrole nitrogens is 1. The van der Waals surface area contributed by atoms with Crippen molar-refractivity contribution >= 4 is 17.0 Å². The van der Waals surface area contributed by atoms with Crippen LogP contribution >= 0.6 is 11.3 Å². The molecule has 0 bridgehead atoms. The number of hydrogen-bond acceptors (Lipinski definition) is 6. The number of nitro groups is 1. The van der Waals surface area contributed by atoms with E-state index in [1.807, 2.05) is 17.5 Å². The molecule has 1 aromatic carbocycles. The van der Waals surface area contributed by atoms with Crippen LogP contribution in [-0.2, 0) is 6.42 Å². The Morgan fingerprint density at radius 3 is 2.77 bits per heavy atom. The van der Waals surface area contributed by atoms with Gasteiger partial charge in [0.2, 0.25) is 0 Å². The fraction of sp³-hybridized carbons (Fsp3) is 0.0714. The third-order valence-electron chi connectivity index (χ3n) is 3.05. The van der Waals surface area contributed by atoms with E-state index in [4.69, 9.17) is 0 Å². The van der Waals surface area contributed by atoms with Crippen LogP contribution in [-0.4, -0.2) is 20.1 Å². The van der Waals surface area contributed by atoms with Gasteiger partial charge in [0.15, 0.2) is 5.82 Å². The van der Waals surface area contributed by atoms with Crippen molar-refractivity contribution in [3.63, 3.8) is 0 Å². The lowest BCUT2D eigenvalue weighted by atomic mass is 10.1. The van der Waals surface area contributed by atoms with Crippen molar-refractivity contribution in [2.24, 2.45) is 0 Å². The Hall–Kier alpha value is -2.87.